The first kappa shape index (κ1) is 22.7. The number of nitrogens with one attached hydrogen (secondary N) is 2. The Morgan fingerprint density at radius 3 is 2.92 bits per heavy atom. The lowest BCUT2D eigenvalue weighted by molar-refractivity contribution is -0.127. The zero-order valence-electron chi connectivity index (χ0n) is 19.5. The normalized spacial score (nSPS) is 19.6. The van der Waals surface area contributed by atoms with E-state index in [0.717, 1.165) is 29.5 Å². The van der Waals surface area contributed by atoms with Crippen LogP contribution in [0.5, 0.6) is 0 Å². The van der Waals surface area contributed by atoms with E-state index in [1.54, 1.807) is 22.1 Å². The number of piperidine rings is 1. The number of hydrogen-bond acceptors (Lipinski definition) is 6. The molecule has 0 radical (unpaired) electrons. The Kier molecular flexibility index (Phi) is 5.69. The van der Waals surface area contributed by atoms with E-state index in [2.05, 4.69) is 22.2 Å². The number of aromatic nitrogens is 1. The summed E-state index contributed by atoms with van der Waals surface area (Å²) in [4.78, 5) is 47.6. The van der Waals surface area contributed by atoms with Gasteiger partial charge in [0, 0.05) is 31.2 Å². The maximum atomic E-state index is 13.4. The van der Waals surface area contributed by atoms with Gasteiger partial charge in [-0.1, -0.05) is 18.7 Å². The molecule has 184 valence electrons. The van der Waals surface area contributed by atoms with Gasteiger partial charge in [0.1, 0.15) is 9.71 Å². The van der Waals surface area contributed by atoms with Crippen LogP contribution in [0, 0.1) is 0 Å². The molecule has 0 saturated carbocycles. The average Bonchev–Trinajstić information content (AvgIpc) is 3.22. The number of pyridine rings is 1. The van der Waals surface area contributed by atoms with Crippen LogP contribution in [0.2, 0.25) is 0 Å². The van der Waals surface area contributed by atoms with Crippen molar-refractivity contribution >= 4 is 56.5 Å². The zero-order chi connectivity index (χ0) is 24.8. The highest BCUT2D eigenvalue weighted by Crippen LogP contribution is 2.46. The van der Waals surface area contributed by atoms with Crippen LogP contribution in [-0.4, -0.2) is 60.1 Å². The minimum Gasteiger partial charge on any atom is -0.380 e. The van der Waals surface area contributed by atoms with Crippen molar-refractivity contribution < 1.29 is 19.1 Å². The van der Waals surface area contributed by atoms with Crippen LogP contribution in [0.4, 0.5) is 21.9 Å². The van der Waals surface area contributed by atoms with Crippen molar-refractivity contribution in [2.45, 2.75) is 24.8 Å². The molecule has 1 unspecified atom stereocenters. The summed E-state index contributed by atoms with van der Waals surface area (Å²) in [6, 6.07) is 9.22. The molecule has 1 aromatic carbocycles. The Hall–Kier alpha value is -3.76. The molecule has 2 saturated heterocycles. The number of anilines is 3. The quantitative estimate of drug-likeness (QED) is 0.512. The van der Waals surface area contributed by atoms with Crippen LogP contribution in [0.25, 0.3) is 10.2 Å². The van der Waals surface area contributed by atoms with E-state index < -0.39 is 0 Å². The summed E-state index contributed by atoms with van der Waals surface area (Å²) in [6.07, 6.45) is 4.53. The second kappa shape index (κ2) is 9.03. The molecule has 9 nitrogen and oxygen atoms in total. The number of nitrogens with zero attached hydrogens (tertiary/aromatic N) is 3. The maximum absolute atomic E-state index is 13.4. The molecular formula is C26H25N5O4S. The summed E-state index contributed by atoms with van der Waals surface area (Å²) in [6.45, 7) is 6.01. The van der Waals surface area contributed by atoms with E-state index in [0.29, 0.717) is 53.3 Å². The molecule has 2 fully saturated rings. The van der Waals surface area contributed by atoms with E-state index in [9.17, 15) is 14.4 Å². The van der Waals surface area contributed by atoms with Crippen molar-refractivity contribution in [2.75, 3.05) is 36.5 Å². The fourth-order valence-electron chi connectivity index (χ4n) is 5.02. The van der Waals surface area contributed by atoms with Gasteiger partial charge in [-0.25, -0.2) is 9.78 Å². The molecule has 10 heteroatoms. The minimum absolute atomic E-state index is 0.138. The topological polar surface area (TPSA) is 104 Å². The first-order valence-electron chi connectivity index (χ1n) is 12.0. The number of urea groups is 1. The molecule has 0 bridgehead atoms. The van der Waals surface area contributed by atoms with Gasteiger partial charge in [-0.3, -0.25) is 14.5 Å². The number of ether oxygens (including phenoxy) is 1. The van der Waals surface area contributed by atoms with Gasteiger partial charge in [-0.15, -0.1) is 11.3 Å². The molecule has 1 atom stereocenters. The Labute approximate surface area is 211 Å². The van der Waals surface area contributed by atoms with Gasteiger partial charge in [-0.05, 0) is 42.7 Å². The SMILES string of the molecule is C=CC(=O)N1CCCC(NC(=O)c2sc3nccc4c3c2NC(=O)N4c2cccc(C3COC3)c2)C1. The van der Waals surface area contributed by atoms with Gasteiger partial charge in [0.15, 0.2) is 0 Å². The number of thiophene rings is 1. The monoisotopic (exact) mass is 503 g/mol. The Morgan fingerprint density at radius 2 is 2.14 bits per heavy atom. The van der Waals surface area contributed by atoms with Crippen molar-refractivity contribution in [1.29, 1.82) is 0 Å². The van der Waals surface area contributed by atoms with E-state index in [1.807, 2.05) is 24.3 Å². The Bertz CT molecular complexity index is 1400. The molecule has 36 heavy (non-hydrogen) atoms. The molecule has 3 aromatic rings. The molecule has 3 aliphatic rings. The van der Waals surface area contributed by atoms with Gasteiger partial charge in [0.05, 0.1) is 35.7 Å². The molecule has 3 aliphatic heterocycles. The third-order valence-electron chi connectivity index (χ3n) is 6.93. The van der Waals surface area contributed by atoms with Gasteiger partial charge >= 0.3 is 6.03 Å². The summed E-state index contributed by atoms with van der Waals surface area (Å²) in [5.41, 5.74) is 3.05. The third-order valence-corrected chi connectivity index (χ3v) is 8.03. The molecule has 4 amide bonds. The highest BCUT2D eigenvalue weighted by molar-refractivity contribution is 7.21. The summed E-state index contributed by atoms with van der Waals surface area (Å²) < 4.78 is 5.33. The lowest BCUT2D eigenvalue weighted by atomic mass is 9.97. The predicted molar refractivity (Wildman–Crippen MR) is 138 cm³/mol. The van der Waals surface area contributed by atoms with E-state index >= 15 is 0 Å². The van der Waals surface area contributed by atoms with E-state index in [1.165, 1.54) is 17.4 Å². The van der Waals surface area contributed by atoms with Gasteiger partial charge < -0.3 is 20.3 Å². The Balaban J connectivity index is 1.32. The van der Waals surface area contributed by atoms with Crippen molar-refractivity contribution in [2.24, 2.45) is 0 Å². The Morgan fingerprint density at radius 1 is 1.28 bits per heavy atom. The first-order chi connectivity index (χ1) is 17.5. The number of amides is 4. The van der Waals surface area contributed by atoms with Crippen LogP contribution >= 0.6 is 11.3 Å². The fraction of sp³-hybridized carbons (Fsp3) is 0.308. The smallest absolute Gasteiger partial charge is 0.331 e. The number of benzene rings is 1. The number of carbonyl (C=O) groups excluding carboxylic acids is 3. The second-order valence-electron chi connectivity index (χ2n) is 9.21. The van der Waals surface area contributed by atoms with Crippen molar-refractivity contribution in [3.05, 3.63) is 59.6 Å². The molecule has 2 N–H and O–H groups in total. The number of rotatable bonds is 5. The number of carbonyl (C=O) groups is 3. The van der Waals surface area contributed by atoms with Crippen LogP contribution in [0.1, 0.15) is 34.0 Å². The average molecular weight is 504 g/mol. The maximum Gasteiger partial charge on any atom is 0.331 e. The van der Waals surface area contributed by atoms with Crippen molar-refractivity contribution in [3.63, 3.8) is 0 Å². The lowest BCUT2D eigenvalue weighted by Gasteiger charge is -2.32. The number of likely N-dealkylation sites (tertiary alicyclic amines) is 1. The van der Waals surface area contributed by atoms with Gasteiger partial charge in [0.2, 0.25) is 5.91 Å². The second-order valence-corrected chi connectivity index (χ2v) is 10.2. The van der Waals surface area contributed by atoms with Crippen LogP contribution in [0.3, 0.4) is 0 Å². The summed E-state index contributed by atoms with van der Waals surface area (Å²) in [7, 11) is 0. The molecule has 0 aliphatic carbocycles. The molecular weight excluding hydrogens is 478 g/mol. The van der Waals surface area contributed by atoms with Crippen LogP contribution < -0.4 is 15.5 Å². The van der Waals surface area contributed by atoms with E-state index in [4.69, 9.17) is 4.74 Å². The largest absolute Gasteiger partial charge is 0.380 e. The summed E-state index contributed by atoms with van der Waals surface area (Å²) in [5, 5.41) is 6.75. The van der Waals surface area contributed by atoms with Gasteiger partial charge in [-0.2, -0.15) is 0 Å². The molecule has 2 aromatic heterocycles. The molecule has 5 heterocycles. The van der Waals surface area contributed by atoms with Crippen molar-refractivity contribution in [1.82, 2.24) is 15.2 Å². The zero-order valence-corrected chi connectivity index (χ0v) is 20.3. The fourth-order valence-corrected chi connectivity index (χ4v) is 6.04. The summed E-state index contributed by atoms with van der Waals surface area (Å²) >= 11 is 1.25. The summed E-state index contributed by atoms with van der Waals surface area (Å²) in [5.74, 6) is -0.0849. The first-order valence-corrected chi connectivity index (χ1v) is 12.8. The highest BCUT2D eigenvalue weighted by Gasteiger charge is 2.34. The number of hydrogen-bond donors (Lipinski definition) is 2. The lowest BCUT2D eigenvalue weighted by Crippen LogP contribution is -2.49. The van der Waals surface area contributed by atoms with E-state index in [-0.39, 0.29) is 23.9 Å². The van der Waals surface area contributed by atoms with Crippen LogP contribution in [-0.2, 0) is 9.53 Å². The highest BCUT2D eigenvalue weighted by atomic mass is 32.1. The van der Waals surface area contributed by atoms with Gasteiger partial charge in [0.25, 0.3) is 5.91 Å². The third kappa shape index (κ3) is 3.82. The van der Waals surface area contributed by atoms with Crippen LogP contribution in [0.15, 0.2) is 49.2 Å². The van der Waals surface area contributed by atoms with Crippen molar-refractivity contribution in [3.8, 4) is 0 Å². The predicted octanol–water partition coefficient (Wildman–Crippen LogP) is 4.00. The molecule has 0 spiro atoms. The molecule has 6 rings (SSSR count). The minimum atomic E-state index is -0.329. The standard InChI is InChI=1S/C26H25N5O4S/c1-2-20(32)30-10-4-6-17(12-30)28-24(33)23-22-21-19(8-9-27-25(21)36-23)31(26(34)29-22)18-7-3-5-15(11-18)16-13-35-14-16/h2-3,5,7-9,11,16-17H,1,4,6,10,12-14H2,(H,28,33)(H,29,34).